The molecule has 0 bridgehead atoms. The summed E-state index contributed by atoms with van der Waals surface area (Å²) in [6.45, 7) is 4.81. The Bertz CT molecular complexity index is 1790. The first-order valence-electron chi connectivity index (χ1n) is 13.1. The van der Waals surface area contributed by atoms with E-state index < -0.39 is 30.2 Å². The lowest BCUT2D eigenvalue weighted by molar-refractivity contribution is 0.116. The van der Waals surface area contributed by atoms with E-state index in [0.29, 0.717) is 37.1 Å². The Kier molecular flexibility index (Phi) is 8.76. The van der Waals surface area contributed by atoms with Gasteiger partial charge < -0.3 is 24.4 Å². The molecule has 0 aliphatic heterocycles. The van der Waals surface area contributed by atoms with Crippen LogP contribution in [0.25, 0.3) is 31.7 Å². The summed E-state index contributed by atoms with van der Waals surface area (Å²) in [7, 11) is 1.56. The number of carbonyl (C=O) groups is 1. The van der Waals surface area contributed by atoms with Crippen LogP contribution in [0.2, 0.25) is 5.02 Å². The second kappa shape index (κ2) is 12.5. The first-order chi connectivity index (χ1) is 20.5. The first-order valence-corrected chi connectivity index (χ1v) is 14.3. The summed E-state index contributed by atoms with van der Waals surface area (Å²) in [5.74, 6) is -0.110. The quantitative estimate of drug-likeness (QED) is 0.184. The van der Waals surface area contributed by atoms with Crippen LogP contribution in [0, 0.1) is 5.82 Å². The van der Waals surface area contributed by atoms with E-state index in [2.05, 4.69) is 19.9 Å². The molecule has 3 aromatic heterocycles. The van der Waals surface area contributed by atoms with Gasteiger partial charge in [0.15, 0.2) is 11.6 Å². The van der Waals surface area contributed by atoms with Crippen LogP contribution in [-0.2, 0) is 0 Å². The summed E-state index contributed by atoms with van der Waals surface area (Å²) in [5, 5.41) is 21.2. The highest BCUT2D eigenvalue weighted by atomic mass is 35.5. The molecule has 0 saturated carbocycles. The molecule has 224 valence electrons. The minimum absolute atomic E-state index is 0.00693. The molecule has 14 heteroatoms. The lowest BCUT2D eigenvalue weighted by atomic mass is 10.1. The maximum Gasteiger partial charge on any atom is 0.412 e. The van der Waals surface area contributed by atoms with Gasteiger partial charge in [-0.25, -0.2) is 24.1 Å². The fourth-order valence-corrected chi connectivity index (χ4v) is 5.55. The minimum Gasteiger partial charge on any atom is -0.495 e. The molecule has 5 aromatic rings. The SMILES string of the molecule is COc1cnc2c(-c3nc4cc(F)c(OC(C)C(C)N(C(=O)O)c5cnc(OCC(C)O)nc5)cc4s3)cc(Cl)cc2c1. The van der Waals surface area contributed by atoms with Gasteiger partial charge in [0.05, 0.1) is 59.3 Å². The van der Waals surface area contributed by atoms with E-state index in [1.807, 2.05) is 6.07 Å². The molecule has 3 unspecified atom stereocenters. The second-order valence-electron chi connectivity index (χ2n) is 9.77. The largest absolute Gasteiger partial charge is 0.495 e. The van der Waals surface area contributed by atoms with Gasteiger partial charge in [-0.3, -0.25) is 9.88 Å². The number of aliphatic hydroxyl groups is 1. The van der Waals surface area contributed by atoms with Crippen molar-refractivity contribution in [3.63, 3.8) is 0 Å². The summed E-state index contributed by atoms with van der Waals surface area (Å²) < 4.78 is 32.3. The maximum absolute atomic E-state index is 15.2. The third-order valence-corrected chi connectivity index (χ3v) is 7.85. The van der Waals surface area contributed by atoms with Crippen LogP contribution in [0.5, 0.6) is 17.5 Å². The van der Waals surface area contributed by atoms with Crippen LogP contribution in [0.4, 0.5) is 14.9 Å². The summed E-state index contributed by atoms with van der Waals surface area (Å²) >= 11 is 7.71. The molecule has 0 fully saturated rings. The van der Waals surface area contributed by atoms with E-state index in [0.717, 1.165) is 10.3 Å². The predicted octanol–water partition coefficient (Wildman–Crippen LogP) is 6.20. The van der Waals surface area contributed by atoms with Crippen molar-refractivity contribution in [1.82, 2.24) is 19.9 Å². The molecule has 0 saturated heterocycles. The normalized spacial score (nSPS) is 13.5. The summed E-state index contributed by atoms with van der Waals surface area (Å²) in [5.41, 5.74) is 1.96. The average Bonchev–Trinajstić information content (AvgIpc) is 3.38. The molecule has 0 aliphatic rings. The van der Waals surface area contributed by atoms with Crippen LogP contribution in [-0.4, -0.2) is 68.2 Å². The Labute approximate surface area is 254 Å². The number of hydrogen-bond donors (Lipinski definition) is 2. The highest BCUT2D eigenvalue weighted by Gasteiger charge is 2.29. The fourth-order valence-electron chi connectivity index (χ4n) is 4.33. The number of aromatic nitrogens is 4. The molecule has 11 nitrogen and oxygen atoms in total. The zero-order valence-electron chi connectivity index (χ0n) is 23.5. The minimum atomic E-state index is -1.27. The molecule has 2 aromatic carbocycles. The van der Waals surface area contributed by atoms with Crippen molar-refractivity contribution in [3.05, 3.63) is 59.8 Å². The Morgan fingerprint density at radius 3 is 2.51 bits per heavy atom. The number of halogens is 2. The Hall–Kier alpha value is -4.33. The van der Waals surface area contributed by atoms with Crippen molar-refractivity contribution >= 4 is 55.8 Å². The third kappa shape index (κ3) is 6.53. The Morgan fingerprint density at radius 1 is 1.09 bits per heavy atom. The number of amides is 1. The van der Waals surface area contributed by atoms with Gasteiger partial charge in [0.2, 0.25) is 0 Å². The lowest BCUT2D eigenvalue weighted by Crippen LogP contribution is -2.46. The van der Waals surface area contributed by atoms with Crippen molar-refractivity contribution in [2.45, 2.75) is 39.0 Å². The highest BCUT2D eigenvalue weighted by Crippen LogP contribution is 2.38. The maximum atomic E-state index is 15.2. The zero-order valence-corrected chi connectivity index (χ0v) is 25.1. The van der Waals surface area contributed by atoms with Crippen LogP contribution < -0.4 is 19.1 Å². The Morgan fingerprint density at radius 2 is 1.84 bits per heavy atom. The highest BCUT2D eigenvalue weighted by molar-refractivity contribution is 7.21. The molecule has 1 amide bonds. The van der Waals surface area contributed by atoms with Gasteiger partial charge in [0.25, 0.3) is 0 Å². The van der Waals surface area contributed by atoms with Gasteiger partial charge in [-0.1, -0.05) is 11.6 Å². The van der Waals surface area contributed by atoms with Crippen LogP contribution >= 0.6 is 22.9 Å². The van der Waals surface area contributed by atoms with Gasteiger partial charge >= 0.3 is 12.1 Å². The molecule has 0 aliphatic carbocycles. The van der Waals surface area contributed by atoms with E-state index in [-0.39, 0.29) is 24.1 Å². The standard InChI is InChI=1S/C29H27ClFN5O6S/c1-14(37)13-41-28-33-10-19(11-34-28)36(29(38)39)15(2)16(3)42-24-9-25-23(8-22(24)31)35-27(43-25)21-7-18(30)5-17-6-20(40-4)12-32-26(17)21/h5-12,14-16,37H,13H2,1-4H3,(H,38,39). The predicted molar refractivity (Wildman–Crippen MR) is 161 cm³/mol. The number of fused-ring (bicyclic) bond motifs is 2. The molecule has 3 heterocycles. The number of nitrogens with zero attached hydrogens (tertiary/aromatic N) is 5. The monoisotopic (exact) mass is 627 g/mol. The Balaban J connectivity index is 1.39. The van der Waals surface area contributed by atoms with Crippen molar-refractivity contribution in [3.8, 4) is 28.1 Å². The average molecular weight is 628 g/mol. The molecule has 3 atom stereocenters. The van der Waals surface area contributed by atoms with Crippen molar-refractivity contribution in [1.29, 1.82) is 0 Å². The van der Waals surface area contributed by atoms with Crippen molar-refractivity contribution in [2.75, 3.05) is 18.6 Å². The number of anilines is 1. The number of benzene rings is 2. The van der Waals surface area contributed by atoms with E-state index in [4.69, 9.17) is 25.8 Å². The number of aliphatic hydroxyl groups excluding tert-OH is 1. The van der Waals surface area contributed by atoms with Gasteiger partial charge in [-0.2, -0.15) is 0 Å². The van der Waals surface area contributed by atoms with E-state index in [9.17, 15) is 15.0 Å². The van der Waals surface area contributed by atoms with Gasteiger partial charge in [0, 0.05) is 28.1 Å². The van der Waals surface area contributed by atoms with Crippen LogP contribution in [0.1, 0.15) is 20.8 Å². The fraction of sp³-hybridized carbons (Fsp3) is 0.276. The smallest absolute Gasteiger partial charge is 0.412 e. The molecule has 0 radical (unpaired) electrons. The summed E-state index contributed by atoms with van der Waals surface area (Å²) in [4.78, 5) is 30.4. The van der Waals surface area contributed by atoms with E-state index in [1.165, 1.54) is 29.8 Å². The second-order valence-corrected chi connectivity index (χ2v) is 11.2. The summed E-state index contributed by atoms with van der Waals surface area (Å²) in [6.07, 6.45) is 1.42. The lowest BCUT2D eigenvalue weighted by Gasteiger charge is -2.30. The number of methoxy groups -OCH3 is 1. The van der Waals surface area contributed by atoms with E-state index >= 15 is 4.39 Å². The zero-order chi connectivity index (χ0) is 30.8. The molecular formula is C29H27ClFN5O6S. The topological polar surface area (TPSA) is 140 Å². The van der Waals surface area contributed by atoms with Gasteiger partial charge in [-0.05, 0) is 39.0 Å². The molecule has 5 rings (SSSR count). The van der Waals surface area contributed by atoms with Gasteiger partial charge in [-0.15, -0.1) is 11.3 Å². The molecule has 43 heavy (non-hydrogen) atoms. The first kappa shape index (κ1) is 30.1. The van der Waals surface area contributed by atoms with Crippen LogP contribution in [0.15, 0.2) is 48.9 Å². The number of ether oxygens (including phenoxy) is 3. The van der Waals surface area contributed by atoms with Crippen LogP contribution in [0.3, 0.4) is 0 Å². The molecular weight excluding hydrogens is 601 g/mol. The number of thiazole rings is 1. The summed E-state index contributed by atoms with van der Waals surface area (Å²) in [6, 6.07) is 7.41. The van der Waals surface area contributed by atoms with Crippen molar-refractivity contribution in [2.24, 2.45) is 0 Å². The number of pyridine rings is 1. The number of hydrogen-bond acceptors (Lipinski definition) is 10. The third-order valence-electron chi connectivity index (χ3n) is 6.58. The van der Waals surface area contributed by atoms with Gasteiger partial charge in [0.1, 0.15) is 23.5 Å². The van der Waals surface area contributed by atoms with E-state index in [1.54, 1.807) is 52.3 Å². The molecule has 2 N–H and O–H groups in total. The number of rotatable bonds is 10. The molecule has 0 spiro atoms. The van der Waals surface area contributed by atoms with Crippen molar-refractivity contribution < 1.29 is 33.6 Å². The number of carboxylic acid groups (broad SMARTS) is 1.